The molecule has 1 amide bonds. The predicted molar refractivity (Wildman–Crippen MR) is 125 cm³/mol. The molecule has 3 aromatic rings. The van der Waals surface area contributed by atoms with E-state index in [1.807, 2.05) is 69.3 Å². The molecule has 4 heteroatoms. The maximum atomic E-state index is 13.0. The van der Waals surface area contributed by atoms with E-state index in [0.717, 1.165) is 22.3 Å². The molecule has 3 rings (SSSR count). The van der Waals surface area contributed by atoms with Crippen LogP contribution in [0.25, 0.3) is 11.1 Å². The average Bonchev–Trinajstić information content (AvgIpc) is 2.76. The van der Waals surface area contributed by atoms with Gasteiger partial charge in [-0.3, -0.25) is 4.90 Å². The summed E-state index contributed by atoms with van der Waals surface area (Å²) >= 11 is 0. The molecular weight excluding hydrogens is 386 g/mol. The highest BCUT2D eigenvalue weighted by atomic mass is 16.6. The number of carbonyl (C=O) groups excluding carboxylic acids is 1. The zero-order valence-electron chi connectivity index (χ0n) is 18.5. The number of hydrogen-bond acceptors (Lipinski definition) is 3. The smallest absolute Gasteiger partial charge is 0.410 e. The molecule has 0 fully saturated rings. The van der Waals surface area contributed by atoms with Gasteiger partial charge in [-0.2, -0.15) is 0 Å². The van der Waals surface area contributed by atoms with Crippen molar-refractivity contribution in [3.63, 3.8) is 0 Å². The Bertz CT molecular complexity index is 947. The van der Waals surface area contributed by atoms with E-state index in [0.29, 0.717) is 13.0 Å². The molecule has 0 aliphatic carbocycles. The van der Waals surface area contributed by atoms with Crippen LogP contribution in [0.1, 0.15) is 31.9 Å². The van der Waals surface area contributed by atoms with E-state index < -0.39 is 17.7 Å². The molecule has 1 atom stereocenters. The quantitative estimate of drug-likeness (QED) is 0.537. The SMILES string of the molecule is CC(C)(C)OC(=O)N(Cc1ccccc1)[C@@H](CO)Cc1ccc(-c2ccccc2)cc1. The molecule has 0 aliphatic heterocycles. The van der Waals surface area contributed by atoms with Crippen molar-refractivity contribution in [2.24, 2.45) is 0 Å². The van der Waals surface area contributed by atoms with E-state index in [1.54, 1.807) is 4.90 Å². The highest BCUT2D eigenvalue weighted by Crippen LogP contribution is 2.22. The zero-order valence-corrected chi connectivity index (χ0v) is 18.5. The Balaban J connectivity index is 1.79. The molecule has 0 heterocycles. The standard InChI is InChI=1S/C27H31NO3/c1-27(2,3)31-26(30)28(19-22-10-6-4-7-11-22)25(20-29)18-21-14-16-24(17-15-21)23-12-8-5-9-13-23/h4-17,25,29H,18-20H2,1-3H3/t25-/m1/s1. The Morgan fingerprint density at radius 3 is 1.94 bits per heavy atom. The Morgan fingerprint density at radius 1 is 0.839 bits per heavy atom. The largest absolute Gasteiger partial charge is 0.444 e. The second-order valence-corrected chi connectivity index (χ2v) is 8.70. The van der Waals surface area contributed by atoms with Crippen LogP contribution in [0.5, 0.6) is 0 Å². The maximum absolute atomic E-state index is 13.0. The van der Waals surface area contributed by atoms with Gasteiger partial charge in [0.1, 0.15) is 5.60 Å². The second-order valence-electron chi connectivity index (χ2n) is 8.70. The van der Waals surface area contributed by atoms with E-state index in [-0.39, 0.29) is 6.61 Å². The van der Waals surface area contributed by atoms with Gasteiger partial charge in [-0.25, -0.2) is 4.79 Å². The number of aliphatic hydroxyl groups excluding tert-OH is 1. The number of hydrogen-bond donors (Lipinski definition) is 1. The van der Waals surface area contributed by atoms with E-state index in [9.17, 15) is 9.90 Å². The van der Waals surface area contributed by atoms with Gasteiger partial charge in [0.25, 0.3) is 0 Å². The lowest BCUT2D eigenvalue weighted by Crippen LogP contribution is -2.45. The molecule has 0 saturated heterocycles. The van der Waals surface area contributed by atoms with Crippen LogP contribution in [-0.2, 0) is 17.7 Å². The van der Waals surface area contributed by atoms with E-state index in [4.69, 9.17) is 4.74 Å². The molecule has 3 aromatic carbocycles. The first-order valence-corrected chi connectivity index (χ1v) is 10.6. The van der Waals surface area contributed by atoms with Gasteiger partial charge < -0.3 is 9.84 Å². The Labute approximate surface area is 185 Å². The molecule has 0 saturated carbocycles. The summed E-state index contributed by atoms with van der Waals surface area (Å²) in [6.45, 7) is 5.78. The van der Waals surface area contributed by atoms with Crippen LogP contribution in [0.4, 0.5) is 4.79 Å². The summed E-state index contributed by atoms with van der Waals surface area (Å²) in [5, 5.41) is 10.2. The van der Waals surface area contributed by atoms with Crippen molar-refractivity contribution in [1.82, 2.24) is 4.90 Å². The summed E-state index contributed by atoms with van der Waals surface area (Å²) in [5.74, 6) is 0. The molecule has 0 bridgehead atoms. The molecule has 0 spiro atoms. The van der Waals surface area contributed by atoms with Crippen LogP contribution < -0.4 is 0 Å². The first-order chi connectivity index (χ1) is 14.9. The summed E-state index contributed by atoms with van der Waals surface area (Å²) in [4.78, 5) is 14.6. The first-order valence-electron chi connectivity index (χ1n) is 10.6. The molecule has 0 unspecified atom stereocenters. The Kier molecular flexibility index (Phi) is 7.48. The number of carbonyl (C=O) groups is 1. The van der Waals surface area contributed by atoms with E-state index in [2.05, 4.69) is 36.4 Å². The van der Waals surface area contributed by atoms with Crippen molar-refractivity contribution in [2.75, 3.05) is 6.61 Å². The molecular formula is C27H31NO3. The number of benzene rings is 3. The highest BCUT2D eigenvalue weighted by Gasteiger charge is 2.28. The van der Waals surface area contributed by atoms with Crippen molar-refractivity contribution in [3.8, 4) is 11.1 Å². The first kappa shape index (κ1) is 22.6. The molecule has 4 nitrogen and oxygen atoms in total. The summed E-state index contributed by atoms with van der Waals surface area (Å²) < 4.78 is 5.65. The number of rotatable bonds is 7. The third-order valence-electron chi connectivity index (χ3n) is 5.01. The van der Waals surface area contributed by atoms with Gasteiger partial charge in [0.2, 0.25) is 0 Å². The van der Waals surface area contributed by atoms with Crippen LogP contribution in [0.2, 0.25) is 0 Å². The highest BCUT2D eigenvalue weighted by molar-refractivity contribution is 5.69. The van der Waals surface area contributed by atoms with Crippen LogP contribution >= 0.6 is 0 Å². The van der Waals surface area contributed by atoms with Crippen LogP contribution in [0.3, 0.4) is 0 Å². The lowest BCUT2D eigenvalue weighted by Gasteiger charge is -2.33. The Hall–Kier alpha value is -3.11. The van der Waals surface area contributed by atoms with Crippen LogP contribution in [0.15, 0.2) is 84.9 Å². The molecule has 0 aromatic heterocycles. The predicted octanol–water partition coefficient (Wildman–Crippen LogP) is 5.69. The molecule has 1 N–H and O–H groups in total. The summed E-state index contributed by atoms with van der Waals surface area (Å²) in [5.41, 5.74) is 3.74. The van der Waals surface area contributed by atoms with Crippen molar-refractivity contribution in [1.29, 1.82) is 0 Å². The van der Waals surface area contributed by atoms with Crippen molar-refractivity contribution in [3.05, 3.63) is 96.1 Å². The minimum atomic E-state index is -0.608. The minimum absolute atomic E-state index is 0.146. The molecule has 31 heavy (non-hydrogen) atoms. The average molecular weight is 418 g/mol. The second kappa shape index (κ2) is 10.3. The van der Waals surface area contributed by atoms with Crippen molar-refractivity contribution >= 4 is 6.09 Å². The van der Waals surface area contributed by atoms with Crippen LogP contribution in [-0.4, -0.2) is 34.3 Å². The fourth-order valence-corrected chi connectivity index (χ4v) is 3.45. The lowest BCUT2D eigenvalue weighted by atomic mass is 10.00. The number of ether oxygens (including phenoxy) is 1. The third kappa shape index (κ3) is 6.69. The van der Waals surface area contributed by atoms with Crippen molar-refractivity contribution in [2.45, 2.75) is 45.4 Å². The van der Waals surface area contributed by atoms with Crippen LogP contribution in [0, 0.1) is 0 Å². The van der Waals surface area contributed by atoms with Gasteiger partial charge in [0.15, 0.2) is 0 Å². The van der Waals surface area contributed by atoms with Gasteiger partial charge in [0, 0.05) is 6.54 Å². The van der Waals surface area contributed by atoms with Crippen molar-refractivity contribution < 1.29 is 14.6 Å². The molecule has 162 valence electrons. The topological polar surface area (TPSA) is 49.8 Å². The normalized spacial score (nSPS) is 12.3. The summed E-state index contributed by atoms with van der Waals surface area (Å²) in [7, 11) is 0. The van der Waals surface area contributed by atoms with E-state index >= 15 is 0 Å². The Morgan fingerprint density at radius 2 is 1.39 bits per heavy atom. The van der Waals surface area contributed by atoms with Gasteiger partial charge in [0.05, 0.1) is 12.6 Å². The lowest BCUT2D eigenvalue weighted by molar-refractivity contribution is 0.00697. The number of aliphatic hydroxyl groups is 1. The fourth-order valence-electron chi connectivity index (χ4n) is 3.45. The summed E-state index contributed by atoms with van der Waals surface area (Å²) in [6, 6.07) is 27.9. The third-order valence-corrected chi connectivity index (χ3v) is 5.01. The summed E-state index contributed by atoms with van der Waals surface area (Å²) in [6.07, 6.45) is 0.119. The number of nitrogens with zero attached hydrogens (tertiary/aromatic N) is 1. The molecule has 0 radical (unpaired) electrons. The number of amides is 1. The monoisotopic (exact) mass is 417 g/mol. The van der Waals surface area contributed by atoms with Gasteiger partial charge >= 0.3 is 6.09 Å². The van der Waals surface area contributed by atoms with E-state index in [1.165, 1.54) is 0 Å². The fraction of sp³-hybridized carbons (Fsp3) is 0.296. The van der Waals surface area contributed by atoms with Gasteiger partial charge in [-0.05, 0) is 49.4 Å². The minimum Gasteiger partial charge on any atom is -0.444 e. The molecule has 0 aliphatic rings. The van der Waals surface area contributed by atoms with Gasteiger partial charge in [-0.1, -0.05) is 84.9 Å². The zero-order chi connectivity index (χ0) is 22.3. The maximum Gasteiger partial charge on any atom is 0.410 e. The van der Waals surface area contributed by atoms with Gasteiger partial charge in [-0.15, -0.1) is 0 Å².